The highest BCUT2D eigenvalue weighted by atomic mass is 35.5. The van der Waals surface area contributed by atoms with Gasteiger partial charge >= 0.3 is 0 Å². The first kappa shape index (κ1) is 16.3. The van der Waals surface area contributed by atoms with Gasteiger partial charge in [0.05, 0.1) is 6.54 Å². The van der Waals surface area contributed by atoms with Crippen LogP contribution >= 0.6 is 23.8 Å². The number of thiocarbonyl (C=S) groups is 1. The highest BCUT2D eigenvalue weighted by molar-refractivity contribution is 7.80. The minimum Gasteiger partial charge on any atom is -0.360 e. The molecule has 0 radical (unpaired) electrons. The zero-order chi connectivity index (χ0) is 16.2. The second-order valence-corrected chi connectivity index (χ2v) is 6.88. The van der Waals surface area contributed by atoms with Crippen LogP contribution < -0.4 is 10.6 Å². The van der Waals surface area contributed by atoms with Crippen LogP contribution in [0, 0.1) is 6.92 Å². The molecule has 0 atom stereocenters. The van der Waals surface area contributed by atoms with Crippen molar-refractivity contribution < 1.29 is 0 Å². The molecule has 6 heteroatoms. The van der Waals surface area contributed by atoms with Crippen molar-refractivity contribution in [3.63, 3.8) is 0 Å². The number of hydrogen-bond donors (Lipinski definition) is 2. The average molecular weight is 349 g/mol. The Hall–Kier alpha value is -1.59. The summed E-state index contributed by atoms with van der Waals surface area (Å²) in [6.07, 6.45) is 4.97. The molecule has 2 N–H and O–H groups in total. The van der Waals surface area contributed by atoms with Crippen LogP contribution in [0.1, 0.15) is 36.9 Å². The summed E-state index contributed by atoms with van der Waals surface area (Å²) in [5.41, 5.74) is 2.25. The third kappa shape index (κ3) is 4.45. The molecular weight excluding hydrogens is 328 g/mol. The monoisotopic (exact) mass is 348 g/mol. The second-order valence-electron chi connectivity index (χ2n) is 6.03. The van der Waals surface area contributed by atoms with Gasteiger partial charge in [-0.3, -0.25) is 4.68 Å². The van der Waals surface area contributed by atoms with Crippen LogP contribution in [0.5, 0.6) is 0 Å². The SMILES string of the molecule is Cc1cc(NC(=S)NC2CCCC2)nn1Cc1ccc(Cl)cc1. The van der Waals surface area contributed by atoms with Crippen molar-refractivity contribution in [3.05, 3.63) is 46.6 Å². The zero-order valence-corrected chi connectivity index (χ0v) is 14.8. The molecule has 2 aromatic rings. The van der Waals surface area contributed by atoms with Crippen molar-refractivity contribution in [2.75, 3.05) is 5.32 Å². The highest BCUT2D eigenvalue weighted by Gasteiger charge is 2.16. The number of hydrogen-bond acceptors (Lipinski definition) is 2. The number of halogens is 1. The zero-order valence-electron chi connectivity index (χ0n) is 13.2. The summed E-state index contributed by atoms with van der Waals surface area (Å²) in [5.74, 6) is 0.784. The molecule has 1 aliphatic rings. The number of aryl methyl sites for hydroxylation is 1. The fourth-order valence-electron chi connectivity index (χ4n) is 2.90. The smallest absolute Gasteiger partial charge is 0.172 e. The lowest BCUT2D eigenvalue weighted by atomic mass is 10.2. The minimum atomic E-state index is 0.507. The predicted molar refractivity (Wildman–Crippen MR) is 99.1 cm³/mol. The fraction of sp³-hybridized carbons (Fsp3) is 0.412. The van der Waals surface area contributed by atoms with E-state index in [9.17, 15) is 0 Å². The third-order valence-corrected chi connectivity index (χ3v) is 4.63. The quantitative estimate of drug-likeness (QED) is 0.815. The largest absolute Gasteiger partial charge is 0.360 e. The summed E-state index contributed by atoms with van der Waals surface area (Å²) in [6.45, 7) is 2.76. The molecule has 1 heterocycles. The summed E-state index contributed by atoms with van der Waals surface area (Å²) in [5, 5.41) is 12.6. The van der Waals surface area contributed by atoms with E-state index in [0.29, 0.717) is 17.7 Å². The molecule has 1 fully saturated rings. The molecule has 0 saturated heterocycles. The molecular formula is C17H21ClN4S. The molecule has 23 heavy (non-hydrogen) atoms. The van der Waals surface area contributed by atoms with Crippen molar-refractivity contribution in [1.82, 2.24) is 15.1 Å². The van der Waals surface area contributed by atoms with E-state index < -0.39 is 0 Å². The van der Waals surface area contributed by atoms with E-state index in [-0.39, 0.29) is 0 Å². The van der Waals surface area contributed by atoms with E-state index in [2.05, 4.69) is 15.7 Å². The van der Waals surface area contributed by atoms with E-state index in [1.807, 2.05) is 41.9 Å². The molecule has 0 amide bonds. The van der Waals surface area contributed by atoms with Crippen LogP contribution in [-0.4, -0.2) is 20.9 Å². The molecule has 0 spiro atoms. The van der Waals surface area contributed by atoms with Crippen LogP contribution in [0.4, 0.5) is 5.82 Å². The molecule has 122 valence electrons. The van der Waals surface area contributed by atoms with Gasteiger partial charge in [0.1, 0.15) is 0 Å². The fourth-order valence-corrected chi connectivity index (χ4v) is 3.30. The standard InChI is InChI=1S/C17H21ClN4S/c1-12-10-16(20-17(23)19-15-4-2-3-5-15)21-22(12)11-13-6-8-14(18)9-7-13/h6-10,15H,2-5,11H2,1H3,(H2,19,20,21,23). The Morgan fingerprint density at radius 1 is 1.30 bits per heavy atom. The Balaban J connectivity index is 1.61. The Morgan fingerprint density at radius 2 is 2.00 bits per heavy atom. The maximum absolute atomic E-state index is 5.92. The van der Waals surface area contributed by atoms with E-state index in [0.717, 1.165) is 16.5 Å². The van der Waals surface area contributed by atoms with E-state index in [1.54, 1.807) is 0 Å². The van der Waals surface area contributed by atoms with E-state index in [4.69, 9.17) is 23.8 Å². The first-order chi connectivity index (χ1) is 11.1. The van der Waals surface area contributed by atoms with Crippen molar-refractivity contribution >= 4 is 34.7 Å². The minimum absolute atomic E-state index is 0.507. The van der Waals surface area contributed by atoms with Crippen LogP contribution in [0.3, 0.4) is 0 Å². The first-order valence-corrected chi connectivity index (χ1v) is 8.75. The summed E-state index contributed by atoms with van der Waals surface area (Å²) in [7, 11) is 0. The van der Waals surface area contributed by atoms with Crippen LogP contribution in [0.15, 0.2) is 30.3 Å². The van der Waals surface area contributed by atoms with Crippen molar-refractivity contribution in [3.8, 4) is 0 Å². The molecule has 0 bridgehead atoms. The molecule has 1 aliphatic carbocycles. The number of benzene rings is 1. The lowest BCUT2D eigenvalue weighted by Gasteiger charge is -2.14. The second kappa shape index (κ2) is 7.32. The molecule has 0 aliphatic heterocycles. The number of nitrogens with one attached hydrogen (secondary N) is 2. The molecule has 1 aromatic heterocycles. The third-order valence-electron chi connectivity index (χ3n) is 4.16. The van der Waals surface area contributed by atoms with Crippen LogP contribution in [0.25, 0.3) is 0 Å². The Bertz CT molecular complexity index is 674. The van der Waals surface area contributed by atoms with Crippen molar-refractivity contribution in [1.29, 1.82) is 0 Å². The Morgan fingerprint density at radius 3 is 2.70 bits per heavy atom. The maximum atomic E-state index is 5.92. The van der Waals surface area contributed by atoms with Gasteiger partial charge in [0, 0.05) is 22.8 Å². The maximum Gasteiger partial charge on any atom is 0.172 e. The number of anilines is 1. The van der Waals surface area contributed by atoms with Crippen molar-refractivity contribution in [2.24, 2.45) is 0 Å². The van der Waals surface area contributed by atoms with Gasteiger partial charge in [0.25, 0.3) is 0 Å². The summed E-state index contributed by atoms with van der Waals surface area (Å²) in [6, 6.07) is 10.3. The summed E-state index contributed by atoms with van der Waals surface area (Å²) < 4.78 is 1.96. The topological polar surface area (TPSA) is 41.9 Å². The molecule has 1 aromatic carbocycles. The number of aromatic nitrogens is 2. The molecule has 3 rings (SSSR count). The van der Waals surface area contributed by atoms with Gasteiger partial charge < -0.3 is 10.6 Å². The first-order valence-electron chi connectivity index (χ1n) is 7.96. The van der Waals surface area contributed by atoms with E-state index in [1.165, 1.54) is 31.2 Å². The number of nitrogens with zero attached hydrogens (tertiary/aromatic N) is 2. The lowest BCUT2D eigenvalue weighted by Crippen LogP contribution is -2.36. The van der Waals surface area contributed by atoms with E-state index >= 15 is 0 Å². The van der Waals surface area contributed by atoms with Crippen molar-refractivity contribution in [2.45, 2.75) is 45.2 Å². The van der Waals surface area contributed by atoms with Gasteiger partial charge in [-0.05, 0) is 49.7 Å². The average Bonchev–Trinajstić information content (AvgIpc) is 3.12. The van der Waals surface area contributed by atoms with Gasteiger partial charge in [-0.1, -0.05) is 36.6 Å². The van der Waals surface area contributed by atoms with Crippen LogP contribution in [-0.2, 0) is 6.54 Å². The number of rotatable bonds is 4. The normalized spacial score (nSPS) is 14.9. The summed E-state index contributed by atoms with van der Waals surface area (Å²) >= 11 is 11.3. The van der Waals surface area contributed by atoms with Gasteiger partial charge in [0.2, 0.25) is 0 Å². The summed E-state index contributed by atoms with van der Waals surface area (Å²) in [4.78, 5) is 0. The van der Waals surface area contributed by atoms with Gasteiger partial charge in [-0.2, -0.15) is 5.10 Å². The molecule has 0 unspecified atom stereocenters. The highest BCUT2D eigenvalue weighted by Crippen LogP contribution is 2.18. The Labute approximate surface area is 147 Å². The predicted octanol–water partition coefficient (Wildman–Crippen LogP) is 4.12. The molecule has 1 saturated carbocycles. The Kier molecular flexibility index (Phi) is 5.18. The van der Waals surface area contributed by atoms with Gasteiger partial charge in [-0.15, -0.1) is 0 Å². The van der Waals surface area contributed by atoms with Crippen LogP contribution in [0.2, 0.25) is 5.02 Å². The van der Waals surface area contributed by atoms with Gasteiger partial charge in [-0.25, -0.2) is 0 Å². The van der Waals surface area contributed by atoms with Gasteiger partial charge in [0.15, 0.2) is 10.9 Å². The lowest BCUT2D eigenvalue weighted by molar-refractivity contribution is 0.633. The molecule has 4 nitrogen and oxygen atoms in total.